The molecule has 0 fully saturated rings. The van der Waals surface area contributed by atoms with E-state index >= 15 is 0 Å². The number of nitro groups is 1. The van der Waals surface area contributed by atoms with Crippen molar-refractivity contribution in [1.82, 2.24) is 5.32 Å². The van der Waals surface area contributed by atoms with Crippen LogP contribution in [-0.4, -0.2) is 24.0 Å². The minimum atomic E-state index is -0.461. The van der Waals surface area contributed by atoms with E-state index in [4.69, 9.17) is 9.47 Å². The highest BCUT2D eigenvalue weighted by atomic mass is 16.6. The molecule has 0 aliphatic heterocycles. The highest BCUT2D eigenvalue weighted by Gasteiger charge is 2.12. The van der Waals surface area contributed by atoms with Crippen molar-refractivity contribution in [3.63, 3.8) is 0 Å². The zero-order valence-electron chi connectivity index (χ0n) is 16.3. The average molecular weight is 395 g/mol. The summed E-state index contributed by atoms with van der Waals surface area (Å²) in [6, 6.07) is 12.9. The van der Waals surface area contributed by atoms with Gasteiger partial charge < -0.3 is 14.8 Å². The van der Waals surface area contributed by atoms with Crippen molar-refractivity contribution in [3.05, 3.63) is 69.3 Å². The standard InChI is InChI=1S/C21H21N3O5/c1-14(2)23-21(25)17(12-22)10-16-6-9-19(20(11-16)28-3)29-13-15-4-7-18(8-5-15)24(26)27/h4-11,14H,13H2,1-3H3,(H,23,25)/b17-10+. The molecule has 0 aromatic heterocycles. The van der Waals surface area contributed by atoms with Gasteiger partial charge in [0.25, 0.3) is 11.6 Å². The summed E-state index contributed by atoms with van der Waals surface area (Å²) in [4.78, 5) is 22.3. The number of rotatable bonds is 8. The maximum atomic E-state index is 12.0. The van der Waals surface area contributed by atoms with Crippen molar-refractivity contribution in [3.8, 4) is 17.6 Å². The van der Waals surface area contributed by atoms with E-state index < -0.39 is 10.8 Å². The Hall–Kier alpha value is -3.86. The van der Waals surface area contributed by atoms with Gasteiger partial charge in [-0.05, 0) is 55.3 Å². The number of carbonyl (C=O) groups excluding carboxylic acids is 1. The second kappa shape index (κ2) is 9.90. The van der Waals surface area contributed by atoms with E-state index in [0.29, 0.717) is 17.1 Å². The molecule has 1 N–H and O–H groups in total. The number of amides is 1. The average Bonchev–Trinajstić information content (AvgIpc) is 2.70. The van der Waals surface area contributed by atoms with Crippen LogP contribution in [-0.2, 0) is 11.4 Å². The van der Waals surface area contributed by atoms with Gasteiger partial charge in [0, 0.05) is 18.2 Å². The molecule has 2 rings (SSSR count). The van der Waals surface area contributed by atoms with Crippen molar-refractivity contribution in [1.29, 1.82) is 5.26 Å². The lowest BCUT2D eigenvalue weighted by molar-refractivity contribution is -0.384. The first-order valence-electron chi connectivity index (χ1n) is 8.81. The molecule has 0 heterocycles. The largest absolute Gasteiger partial charge is 0.493 e. The van der Waals surface area contributed by atoms with Crippen molar-refractivity contribution < 1.29 is 19.2 Å². The van der Waals surface area contributed by atoms with Crippen LogP contribution in [0.1, 0.15) is 25.0 Å². The molecule has 2 aromatic carbocycles. The molecule has 150 valence electrons. The Morgan fingerprint density at radius 1 is 1.24 bits per heavy atom. The summed E-state index contributed by atoms with van der Waals surface area (Å²) in [5, 5.41) is 22.6. The number of non-ortho nitro benzene ring substituents is 1. The Balaban J connectivity index is 2.15. The van der Waals surface area contributed by atoms with Gasteiger partial charge in [-0.2, -0.15) is 5.26 Å². The van der Waals surface area contributed by atoms with E-state index in [1.807, 2.05) is 19.9 Å². The summed E-state index contributed by atoms with van der Waals surface area (Å²) in [5.41, 5.74) is 1.37. The normalized spacial score (nSPS) is 10.9. The molecule has 0 bridgehead atoms. The molecule has 1 amide bonds. The Morgan fingerprint density at radius 2 is 1.93 bits per heavy atom. The number of nitrogens with zero attached hydrogens (tertiary/aromatic N) is 2. The van der Waals surface area contributed by atoms with Gasteiger partial charge in [-0.25, -0.2) is 0 Å². The van der Waals surface area contributed by atoms with Crippen LogP contribution >= 0.6 is 0 Å². The molecule has 0 radical (unpaired) electrons. The van der Waals surface area contributed by atoms with E-state index in [-0.39, 0.29) is 23.9 Å². The molecule has 8 heteroatoms. The molecular formula is C21H21N3O5. The molecule has 8 nitrogen and oxygen atoms in total. The van der Waals surface area contributed by atoms with Crippen molar-refractivity contribution in [2.45, 2.75) is 26.5 Å². The molecule has 0 spiro atoms. The minimum Gasteiger partial charge on any atom is -0.493 e. The molecule has 0 saturated heterocycles. The summed E-state index contributed by atoms with van der Waals surface area (Å²) in [7, 11) is 1.48. The summed E-state index contributed by atoms with van der Waals surface area (Å²) >= 11 is 0. The predicted octanol–water partition coefficient (Wildman–Crippen LogP) is 3.61. The number of hydrogen-bond donors (Lipinski definition) is 1. The summed E-state index contributed by atoms with van der Waals surface area (Å²) in [6.07, 6.45) is 1.47. The van der Waals surface area contributed by atoms with Crippen LogP contribution in [0.5, 0.6) is 11.5 Å². The van der Waals surface area contributed by atoms with Gasteiger partial charge in [-0.15, -0.1) is 0 Å². The van der Waals surface area contributed by atoms with Gasteiger partial charge in [0.15, 0.2) is 11.5 Å². The van der Waals surface area contributed by atoms with E-state index in [9.17, 15) is 20.2 Å². The first kappa shape index (κ1) is 21.4. The van der Waals surface area contributed by atoms with Crippen LogP contribution in [0.4, 0.5) is 5.69 Å². The highest BCUT2D eigenvalue weighted by molar-refractivity contribution is 6.01. The van der Waals surface area contributed by atoms with E-state index in [1.54, 1.807) is 30.3 Å². The molecular weight excluding hydrogens is 374 g/mol. The lowest BCUT2D eigenvalue weighted by atomic mass is 10.1. The van der Waals surface area contributed by atoms with Gasteiger partial charge >= 0.3 is 0 Å². The predicted molar refractivity (Wildman–Crippen MR) is 107 cm³/mol. The quantitative estimate of drug-likeness (QED) is 0.316. The van der Waals surface area contributed by atoms with Crippen LogP contribution in [0.15, 0.2) is 48.0 Å². The van der Waals surface area contributed by atoms with Gasteiger partial charge in [-0.3, -0.25) is 14.9 Å². The number of carbonyl (C=O) groups is 1. The van der Waals surface area contributed by atoms with Gasteiger partial charge in [0.05, 0.1) is 12.0 Å². The van der Waals surface area contributed by atoms with E-state index in [0.717, 1.165) is 5.56 Å². The second-order valence-electron chi connectivity index (χ2n) is 6.42. The fourth-order valence-corrected chi connectivity index (χ4v) is 2.42. The number of ether oxygens (including phenoxy) is 2. The van der Waals surface area contributed by atoms with E-state index in [2.05, 4.69) is 5.32 Å². The lowest BCUT2D eigenvalue weighted by Crippen LogP contribution is -2.30. The number of nitrogens with one attached hydrogen (secondary N) is 1. The number of nitriles is 1. The number of nitro benzene ring substituents is 1. The maximum absolute atomic E-state index is 12.0. The van der Waals surface area contributed by atoms with Crippen LogP contribution in [0.2, 0.25) is 0 Å². The molecule has 0 saturated carbocycles. The molecule has 0 unspecified atom stereocenters. The van der Waals surface area contributed by atoms with Crippen molar-refractivity contribution >= 4 is 17.7 Å². The molecule has 0 aliphatic carbocycles. The topological polar surface area (TPSA) is 114 Å². The van der Waals surface area contributed by atoms with Crippen molar-refractivity contribution in [2.24, 2.45) is 0 Å². The zero-order chi connectivity index (χ0) is 21.4. The Kier molecular flexibility index (Phi) is 7.32. The maximum Gasteiger partial charge on any atom is 0.269 e. The fourth-order valence-electron chi connectivity index (χ4n) is 2.42. The van der Waals surface area contributed by atoms with Crippen LogP contribution < -0.4 is 14.8 Å². The number of hydrogen-bond acceptors (Lipinski definition) is 6. The molecule has 0 aliphatic rings. The third kappa shape index (κ3) is 6.07. The first-order valence-corrected chi connectivity index (χ1v) is 8.81. The van der Waals surface area contributed by atoms with Crippen molar-refractivity contribution in [2.75, 3.05) is 7.11 Å². The minimum absolute atomic E-state index is 0.0114. The van der Waals surface area contributed by atoms with Crippen LogP contribution in [0.3, 0.4) is 0 Å². The van der Waals surface area contributed by atoms with Crippen LogP contribution in [0, 0.1) is 21.4 Å². The smallest absolute Gasteiger partial charge is 0.269 e. The Labute approximate surface area is 168 Å². The Morgan fingerprint density at radius 3 is 2.48 bits per heavy atom. The monoisotopic (exact) mass is 395 g/mol. The van der Waals surface area contributed by atoms with Gasteiger partial charge in [0.2, 0.25) is 0 Å². The molecule has 2 aromatic rings. The summed E-state index contributed by atoms with van der Waals surface area (Å²) in [6.45, 7) is 3.82. The third-order valence-corrected chi connectivity index (χ3v) is 3.83. The highest BCUT2D eigenvalue weighted by Crippen LogP contribution is 2.30. The second-order valence-corrected chi connectivity index (χ2v) is 6.42. The Bertz CT molecular complexity index is 959. The third-order valence-electron chi connectivity index (χ3n) is 3.83. The molecule has 0 atom stereocenters. The fraction of sp³-hybridized carbons (Fsp3) is 0.238. The SMILES string of the molecule is COc1cc(/C=C(\C#N)C(=O)NC(C)C)ccc1OCc1ccc([N+](=O)[O-])cc1. The van der Waals surface area contributed by atoms with Gasteiger partial charge in [0.1, 0.15) is 18.2 Å². The summed E-state index contributed by atoms with van der Waals surface area (Å²) in [5.74, 6) is 0.454. The lowest BCUT2D eigenvalue weighted by Gasteiger charge is -2.12. The zero-order valence-corrected chi connectivity index (χ0v) is 16.3. The van der Waals surface area contributed by atoms with Crippen LogP contribution in [0.25, 0.3) is 6.08 Å². The molecule has 29 heavy (non-hydrogen) atoms. The summed E-state index contributed by atoms with van der Waals surface area (Å²) < 4.78 is 11.1. The van der Waals surface area contributed by atoms with Gasteiger partial charge in [-0.1, -0.05) is 6.07 Å². The van der Waals surface area contributed by atoms with E-state index in [1.165, 1.54) is 25.3 Å². The number of methoxy groups -OCH3 is 1. The first-order chi connectivity index (χ1) is 13.8. The number of benzene rings is 2.